The molecule has 0 bridgehead atoms. The molecule has 0 saturated carbocycles. The highest BCUT2D eigenvalue weighted by Gasteiger charge is 2.33. The minimum absolute atomic E-state index is 0.0629. The average Bonchev–Trinajstić information content (AvgIpc) is 3.05. The maximum Gasteiger partial charge on any atom is 0.419 e. The Morgan fingerprint density at radius 3 is 2.84 bits per heavy atom. The molecule has 172 valence electrons. The summed E-state index contributed by atoms with van der Waals surface area (Å²) in [5, 5.41) is 2.95. The van der Waals surface area contributed by atoms with Crippen molar-refractivity contribution in [2.45, 2.75) is 37.5 Å². The number of unbranched alkanes of at least 4 members (excludes halogenated alkanes) is 1. The van der Waals surface area contributed by atoms with Gasteiger partial charge < -0.3 is 14.6 Å². The van der Waals surface area contributed by atoms with Gasteiger partial charge >= 0.3 is 5.76 Å². The van der Waals surface area contributed by atoms with Crippen LogP contribution in [0.1, 0.15) is 32.6 Å². The number of sulfonamides is 1. The van der Waals surface area contributed by atoms with Crippen molar-refractivity contribution >= 4 is 27.0 Å². The molecule has 2 aromatic rings. The maximum atomic E-state index is 13.2. The van der Waals surface area contributed by atoms with E-state index in [4.69, 9.17) is 4.42 Å². The first-order valence-corrected chi connectivity index (χ1v) is 12.2. The zero-order valence-electron chi connectivity index (χ0n) is 18.5. The summed E-state index contributed by atoms with van der Waals surface area (Å²) in [4.78, 5) is 26.5. The molecule has 1 aromatic heterocycles. The third-order valence-corrected chi connectivity index (χ3v) is 7.70. The third-order valence-electron chi connectivity index (χ3n) is 5.84. The highest BCUT2D eigenvalue weighted by Crippen LogP contribution is 2.26. The van der Waals surface area contributed by atoms with Crippen molar-refractivity contribution in [3.8, 4) is 0 Å². The van der Waals surface area contributed by atoms with Gasteiger partial charge in [0, 0.05) is 39.3 Å². The van der Waals surface area contributed by atoms with Gasteiger partial charge in [-0.15, -0.1) is 0 Å². The molecule has 1 aromatic carbocycles. The van der Waals surface area contributed by atoms with E-state index in [0.29, 0.717) is 31.4 Å². The molecular formula is C21H32N4O5S. The Morgan fingerprint density at radius 2 is 2.10 bits per heavy atom. The van der Waals surface area contributed by atoms with Crippen LogP contribution >= 0.6 is 0 Å². The van der Waals surface area contributed by atoms with Crippen LogP contribution in [-0.4, -0.2) is 67.9 Å². The van der Waals surface area contributed by atoms with E-state index in [1.54, 1.807) is 13.1 Å². The standard InChI is InChI=1S/C21H32N4O5S/c1-4-5-11-23(2)13-10-22-20(26)16-7-6-12-25(15-16)31(28,29)17-8-9-18-19(14-17)30-21(27)24(18)3/h8-9,14,16H,4-7,10-13,15H2,1-3H3,(H,22,26). The van der Waals surface area contributed by atoms with Crippen LogP contribution in [0.5, 0.6) is 0 Å². The lowest BCUT2D eigenvalue weighted by molar-refractivity contribution is -0.126. The molecular weight excluding hydrogens is 420 g/mol. The second kappa shape index (κ2) is 9.97. The molecule has 1 aliphatic heterocycles. The molecule has 3 rings (SSSR count). The number of likely N-dealkylation sites (N-methyl/N-ethyl adjacent to an activating group) is 1. The van der Waals surface area contributed by atoms with Crippen molar-refractivity contribution in [1.82, 2.24) is 19.1 Å². The molecule has 0 spiro atoms. The van der Waals surface area contributed by atoms with Crippen molar-refractivity contribution in [3.63, 3.8) is 0 Å². The minimum atomic E-state index is -3.79. The Bertz CT molecular complexity index is 1080. The van der Waals surface area contributed by atoms with Gasteiger partial charge in [-0.25, -0.2) is 13.2 Å². The first-order chi connectivity index (χ1) is 14.7. The number of aromatic nitrogens is 1. The summed E-state index contributed by atoms with van der Waals surface area (Å²) in [5.74, 6) is -1.02. The largest absolute Gasteiger partial charge is 0.419 e. The Morgan fingerprint density at radius 1 is 1.32 bits per heavy atom. The van der Waals surface area contributed by atoms with Crippen molar-refractivity contribution in [3.05, 3.63) is 28.7 Å². The van der Waals surface area contributed by atoms with Crippen molar-refractivity contribution in [1.29, 1.82) is 0 Å². The smallest absolute Gasteiger partial charge is 0.408 e. The summed E-state index contributed by atoms with van der Waals surface area (Å²) in [5.41, 5.74) is 0.760. The van der Waals surface area contributed by atoms with Crippen LogP contribution in [0, 0.1) is 5.92 Å². The number of benzene rings is 1. The topological polar surface area (TPSA) is 105 Å². The lowest BCUT2D eigenvalue weighted by Crippen LogP contribution is -2.46. The van der Waals surface area contributed by atoms with E-state index in [9.17, 15) is 18.0 Å². The van der Waals surface area contributed by atoms with Crippen LogP contribution in [0.4, 0.5) is 0 Å². The van der Waals surface area contributed by atoms with Crippen LogP contribution in [0.3, 0.4) is 0 Å². The molecule has 9 nitrogen and oxygen atoms in total. The minimum Gasteiger partial charge on any atom is -0.408 e. The van der Waals surface area contributed by atoms with Crippen LogP contribution in [0.25, 0.3) is 11.1 Å². The van der Waals surface area contributed by atoms with Crippen LogP contribution in [0.2, 0.25) is 0 Å². The Hall–Kier alpha value is -2.17. The highest BCUT2D eigenvalue weighted by molar-refractivity contribution is 7.89. The fraction of sp³-hybridized carbons (Fsp3) is 0.619. The van der Waals surface area contributed by atoms with Crippen LogP contribution in [0.15, 0.2) is 32.3 Å². The van der Waals surface area contributed by atoms with Gasteiger partial charge in [-0.3, -0.25) is 9.36 Å². The van der Waals surface area contributed by atoms with E-state index in [0.717, 1.165) is 25.9 Å². The number of hydrogen-bond acceptors (Lipinski definition) is 6. The highest BCUT2D eigenvalue weighted by atomic mass is 32.2. The van der Waals surface area contributed by atoms with Crippen molar-refractivity contribution in [2.24, 2.45) is 13.0 Å². The lowest BCUT2D eigenvalue weighted by Gasteiger charge is -2.31. The van der Waals surface area contributed by atoms with Gasteiger partial charge in [-0.1, -0.05) is 13.3 Å². The van der Waals surface area contributed by atoms with E-state index >= 15 is 0 Å². The maximum absolute atomic E-state index is 13.2. The summed E-state index contributed by atoms with van der Waals surface area (Å²) in [7, 11) is -0.197. The monoisotopic (exact) mass is 452 g/mol. The number of nitrogens with zero attached hydrogens (tertiary/aromatic N) is 3. The fourth-order valence-electron chi connectivity index (χ4n) is 3.85. The van der Waals surface area contributed by atoms with Crippen LogP contribution < -0.4 is 11.1 Å². The molecule has 1 aliphatic rings. The summed E-state index contributed by atoms with van der Waals surface area (Å²) >= 11 is 0. The summed E-state index contributed by atoms with van der Waals surface area (Å²) in [6, 6.07) is 4.42. The first kappa shape index (κ1) is 23.5. The van der Waals surface area contributed by atoms with Gasteiger partial charge in [0.1, 0.15) is 0 Å². The summed E-state index contributed by atoms with van der Waals surface area (Å²) < 4.78 is 34.1. The van der Waals surface area contributed by atoms with Gasteiger partial charge in [0.25, 0.3) is 0 Å². The number of oxazole rings is 1. The summed E-state index contributed by atoms with van der Waals surface area (Å²) in [6.07, 6.45) is 3.54. The van der Waals surface area contributed by atoms with E-state index in [-0.39, 0.29) is 28.8 Å². The molecule has 0 radical (unpaired) electrons. The average molecular weight is 453 g/mol. The Labute approximate surface area is 183 Å². The van der Waals surface area contributed by atoms with Crippen LogP contribution in [-0.2, 0) is 21.9 Å². The normalized spacial score (nSPS) is 18.0. The molecule has 0 aliphatic carbocycles. The fourth-order valence-corrected chi connectivity index (χ4v) is 5.39. The molecule has 1 amide bonds. The zero-order chi connectivity index (χ0) is 22.6. The van der Waals surface area contributed by atoms with E-state index < -0.39 is 15.8 Å². The van der Waals surface area contributed by atoms with E-state index in [1.807, 2.05) is 7.05 Å². The zero-order valence-corrected chi connectivity index (χ0v) is 19.3. The molecule has 1 atom stereocenters. The molecule has 1 unspecified atom stereocenters. The molecule has 1 saturated heterocycles. The number of aryl methyl sites for hydroxylation is 1. The van der Waals surface area contributed by atoms with E-state index in [1.165, 1.54) is 21.0 Å². The molecule has 10 heteroatoms. The number of rotatable bonds is 9. The molecule has 1 fully saturated rings. The number of piperidine rings is 1. The predicted octanol–water partition coefficient (Wildman–Crippen LogP) is 1.38. The number of nitrogens with one attached hydrogen (secondary N) is 1. The second-order valence-electron chi connectivity index (χ2n) is 8.21. The Balaban J connectivity index is 1.64. The number of hydrogen-bond donors (Lipinski definition) is 1. The van der Waals surface area contributed by atoms with Gasteiger partial charge in [-0.2, -0.15) is 4.31 Å². The first-order valence-electron chi connectivity index (χ1n) is 10.8. The number of carbonyl (C=O) groups excluding carboxylic acids is 1. The number of amides is 1. The SMILES string of the molecule is CCCCN(C)CCNC(=O)C1CCCN(S(=O)(=O)c2ccc3c(c2)oc(=O)n3C)C1. The van der Waals surface area contributed by atoms with Gasteiger partial charge in [0.2, 0.25) is 15.9 Å². The summed E-state index contributed by atoms with van der Waals surface area (Å²) in [6.45, 7) is 4.97. The lowest BCUT2D eigenvalue weighted by atomic mass is 9.99. The van der Waals surface area contributed by atoms with Gasteiger partial charge in [0.15, 0.2) is 5.58 Å². The predicted molar refractivity (Wildman–Crippen MR) is 118 cm³/mol. The second-order valence-corrected chi connectivity index (χ2v) is 10.1. The quantitative estimate of drug-likeness (QED) is 0.616. The van der Waals surface area contributed by atoms with E-state index in [2.05, 4.69) is 17.1 Å². The third kappa shape index (κ3) is 5.36. The number of carbonyl (C=O) groups is 1. The Kier molecular flexibility index (Phi) is 7.55. The van der Waals surface area contributed by atoms with Crippen molar-refractivity contribution in [2.75, 3.05) is 39.8 Å². The van der Waals surface area contributed by atoms with Gasteiger partial charge in [-0.05, 0) is 45.0 Å². The van der Waals surface area contributed by atoms with Crippen molar-refractivity contribution < 1.29 is 17.6 Å². The molecule has 31 heavy (non-hydrogen) atoms. The van der Waals surface area contributed by atoms with Gasteiger partial charge in [0.05, 0.1) is 16.3 Å². The number of fused-ring (bicyclic) bond motifs is 1. The molecule has 2 heterocycles. The molecule has 1 N–H and O–H groups in total.